The fourth-order valence-electron chi connectivity index (χ4n) is 3.04. The van der Waals surface area contributed by atoms with Gasteiger partial charge in [-0.2, -0.15) is 0 Å². The summed E-state index contributed by atoms with van der Waals surface area (Å²) in [5.74, 6) is 0.218. The summed E-state index contributed by atoms with van der Waals surface area (Å²) in [6.07, 6.45) is 0. The van der Waals surface area contributed by atoms with Crippen LogP contribution < -0.4 is 19.5 Å². The van der Waals surface area contributed by atoms with Crippen LogP contribution >= 0.6 is 0 Å². The van der Waals surface area contributed by atoms with E-state index in [0.29, 0.717) is 5.75 Å². The predicted molar refractivity (Wildman–Crippen MR) is 121 cm³/mol. The summed E-state index contributed by atoms with van der Waals surface area (Å²) in [5.41, 5.74) is 0.599. The molecule has 0 radical (unpaired) electrons. The van der Waals surface area contributed by atoms with Crippen LogP contribution in [0.3, 0.4) is 0 Å². The molecule has 0 heterocycles. The van der Waals surface area contributed by atoms with Crippen molar-refractivity contribution in [3.05, 3.63) is 58.1 Å². The molecule has 0 aliphatic rings. The summed E-state index contributed by atoms with van der Waals surface area (Å²) in [7, 11) is 2.87. The van der Waals surface area contributed by atoms with E-state index in [-0.39, 0.29) is 42.3 Å². The van der Waals surface area contributed by atoms with Gasteiger partial charge in [-0.25, -0.2) is 0 Å². The van der Waals surface area contributed by atoms with Crippen molar-refractivity contribution in [1.82, 2.24) is 10.2 Å². The van der Waals surface area contributed by atoms with Crippen LogP contribution in [0.15, 0.2) is 42.5 Å². The standard InChI is InChI=1S/C23H29N3O7/c1-15(2)24-23(28)16(3)25(13-17-6-8-18(31-4)9-7-17)22(27)14-33-19-10-11-20(26(29)30)21(12-19)32-5/h6-12,15-16H,13-14H2,1-5H3,(H,24,28)/t16-/m0/s1. The van der Waals surface area contributed by atoms with E-state index in [0.717, 1.165) is 5.56 Å². The quantitative estimate of drug-likeness (QED) is 0.405. The summed E-state index contributed by atoms with van der Waals surface area (Å²) in [4.78, 5) is 37.6. The van der Waals surface area contributed by atoms with Gasteiger partial charge in [0, 0.05) is 24.7 Å². The van der Waals surface area contributed by atoms with Crippen molar-refractivity contribution in [3.63, 3.8) is 0 Å². The van der Waals surface area contributed by atoms with Gasteiger partial charge >= 0.3 is 5.69 Å². The van der Waals surface area contributed by atoms with Gasteiger partial charge in [0.1, 0.15) is 17.5 Å². The fourth-order valence-corrected chi connectivity index (χ4v) is 3.04. The third kappa shape index (κ3) is 7.09. The highest BCUT2D eigenvalue weighted by Gasteiger charge is 2.27. The van der Waals surface area contributed by atoms with Crippen molar-refractivity contribution in [2.24, 2.45) is 0 Å². The number of nitrogens with zero attached hydrogens (tertiary/aromatic N) is 2. The monoisotopic (exact) mass is 459 g/mol. The van der Waals surface area contributed by atoms with Gasteiger partial charge in [0.25, 0.3) is 5.91 Å². The van der Waals surface area contributed by atoms with Gasteiger partial charge in [0.05, 0.1) is 19.1 Å². The van der Waals surface area contributed by atoms with E-state index in [1.165, 1.54) is 30.2 Å². The highest BCUT2D eigenvalue weighted by molar-refractivity contribution is 5.88. The molecule has 0 fully saturated rings. The lowest BCUT2D eigenvalue weighted by atomic mass is 10.1. The van der Waals surface area contributed by atoms with Crippen molar-refractivity contribution >= 4 is 17.5 Å². The summed E-state index contributed by atoms with van der Waals surface area (Å²) in [6, 6.07) is 10.3. The third-order valence-corrected chi connectivity index (χ3v) is 4.82. The zero-order valence-electron chi connectivity index (χ0n) is 19.4. The first-order valence-corrected chi connectivity index (χ1v) is 10.3. The third-order valence-electron chi connectivity index (χ3n) is 4.82. The molecule has 0 saturated heterocycles. The van der Waals surface area contributed by atoms with Crippen LogP contribution in [-0.2, 0) is 16.1 Å². The summed E-state index contributed by atoms with van der Waals surface area (Å²) < 4.78 is 15.8. The van der Waals surface area contributed by atoms with Crippen molar-refractivity contribution in [2.75, 3.05) is 20.8 Å². The number of benzene rings is 2. The number of nitro groups is 1. The molecular formula is C23H29N3O7. The number of hydrogen-bond donors (Lipinski definition) is 1. The van der Waals surface area contributed by atoms with Crippen LogP contribution in [0.5, 0.6) is 17.2 Å². The molecule has 0 saturated carbocycles. The minimum atomic E-state index is -0.753. The Balaban J connectivity index is 2.19. The van der Waals surface area contributed by atoms with Crippen LogP contribution in [0.1, 0.15) is 26.3 Å². The van der Waals surface area contributed by atoms with Crippen LogP contribution in [-0.4, -0.2) is 54.5 Å². The summed E-state index contributed by atoms with van der Waals surface area (Å²) in [6.45, 7) is 5.14. The van der Waals surface area contributed by atoms with E-state index in [1.807, 2.05) is 26.0 Å². The SMILES string of the molecule is COc1ccc(CN(C(=O)COc2ccc([N+](=O)[O-])c(OC)c2)[C@@H](C)C(=O)NC(C)C)cc1. The molecule has 2 amide bonds. The molecule has 0 aliphatic heterocycles. The maximum Gasteiger partial charge on any atom is 0.311 e. The van der Waals surface area contributed by atoms with Crippen molar-refractivity contribution in [1.29, 1.82) is 0 Å². The lowest BCUT2D eigenvalue weighted by molar-refractivity contribution is -0.385. The Kier molecular flexibility index (Phi) is 9.02. The molecule has 0 aliphatic carbocycles. The van der Waals surface area contributed by atoms with Gasteiger partial charge in [0.2, 0.25) is 11.7 Å². The molecule has 2 aromatic rings. The molecule has 1 N–H and O–H groups in total. The normalized spacial score (nSPS) is 11.5. The van der Waals surface area contributed by atoms with Crippen molar-refractivity contribution in [3.8, 4) is 17.2 Å². The molecule has 10 nitrogen and oxygen atoms in total. The molecule has 0 spiro atoms. The second kappa shape index (κ2) is 11.7. The Morgan fingerprint density at radius 1 is 1.03 bits per heavy atom. The number of hydrogen-bond acceptors (Lipinski definition) is 7. The zero-order valence-corrected chi connectivity index (χ0v) is 19.4. The first-order chi connectivity index (χ1) is 15.7. The van der Waals surface area contributed by atoms with E-state index in [9.17, 15) is 19.7 Å². The molecule has 33 heavy (non-hydrogen) atoms. The van der Waals surface area contributed by atoms with Gasteiger partial charge < -0.3 is 24.4 Å². The van der Waals surface area contributed by atoms with E-state index >= 15 is 0 Å². The Bertz CT molecular complexity index is 977. The van der Waals surface area contributed by atoms with Crippen LogP contribution in [0.25, 0.3) is 0 Å². The molecular weight excluding hydrogens is 430 g/mol. The van der Waals surface area contributed by atoms with Gasteiger partial charge in [-0.3, -0.25) is 19.7 Å². The molecule has 0 aromatic heterocycles. The Morgan fingerprint density at radius 3 is 2.21 bits per heavy atom. The van der Waals surface area contributed by atoms with Gasteiger partial charge in [-0.05, 0) is 44.5 Å². The lowest BCUT2D eigenvalue weighted by Crippen LogP contribution is -2.50. The average Bonchev–Trinajstić information content (AvgIpc) is 2.80. The highest BCUT2D eigenvalue weighted by atomic mass is 16.6. The van der Waals surface area contributed by atoms with E-state index < -0.39 is 16.9 Å². The maximum atomic E-state index is 13.1. The molecule has 1 atom stereocenters. The van der Waals surface area contributed by atoms with E-state index in [2.05, 4.69) is 5.32 Å². The molecule has 2 aromatic carbocycles. The number of nitro benzene ring substituents is 1. The lowest BCUT2D eigenvalue weighted by Gasteiger charge is -2.29. The van der Waals surface area contributed by atoms with E-state index in [4.69, 9.17) is 14.2 Å². The first-order valence-electron chi connectivity index (χ1n) is 10.3. The van der Waals surface area contributed by atoms with Gasteiger partial charge in [-0.15, -0.1) is 0 Å². The number of nitrogens with one attached hydrogen (secondary N) is 1. The van der Waals surface area contributed by atoms with Crippen molar-refractivity contribution < 1.29 is 28.7 Å². The zero-order chi connectivity index (χ0) is 24.5. The molecule has 0 bridgehead atoms. The second-order valence-electron chi connectivity index (χ2n) is 7.59. The molecule has 10 heteroatoms. The van der Waals surface area contributed by atoms with Crippen molar-refractivity contribution in [2.45, 2.75) is 39.4 Å². The minimum Gasteiger partial charge on any atom is -0.497 e. The average molecular weight is 459 g/mol. The maximum absolute atomic E-state index is 13.1. The van der Waals surface area contributed by atoms with Crippen LogP contribution in [0.4, 0.5) is 5.69 Å². The fraction of sp³-hybridized carbons (Fsp3) is 0.391. The predicted octanol–water partition coefficient (Wildman–Crippen LogP) is 2.93. The topological polar surface area (TPSA) is 120 Å². The Morgan fingerprint density at radius 2 is 1.67 bits per heavy atom. The molecule has 0 unspecified atom stereocenters. The number of carbonyl (C=O) groups excluding carboxylic acids is 2. The summed E-state index contributed by atoms with van der Waals surface area (Å²) in [5, 5.41) is 13.9. The largest absolute Gasteiger partial charge is 0.497 e. The van der Waals surface area contributed by atoms with E-state index in [1.54, 1.807) is 26.2 Å². The number of carbonyl (C=O) groups is 2. The highest BCUT2D eigenvalue weighted by Crippen LogP contribution is 2.30. The number of ether oxygens (including phenoxy) is 3. The first kappa shape index (κ1) is 25.4. The molecule has 178 valence electrons. The van der Waals surface area contributed by atoms with Crippen LogP contribution in [0.2, 0.25) is 0 Å². The van der Waals surface area contributed by atoms with Crippen LogP contribution in [0, 0.1) is 10.1 Å². The molecule has 2 rings (SSSR count). The Labute approximate surface area is 192 Å². The Hall–Kier alpha value is -3.82. The van der Waals surface area contributed by atoms with Gasteiger partial charge in [0.15, 0.2) is 6.61 Å². The minimum absolute atomic E-state index is 0.0183. The number of amides is 2. The second-order valence-corrected chi connectivity index (χ2v) is 7.59. The number of methoxy groups -OCH3 is 2. The number of rotatable bonds is 11. The van der Waals surface area contributed by atoms with Gasteiger partial charge in [-0.1, -0.05) is 12.1 Å². The summed E-state index contributed by atoms with van der Waals surface area (Å²) >= 11 is 0. The smallest absolute Gasteiger partial charge is 0.311 e.